The van der Waals surface area contributed by atoms with Gasteiger partial charge < -0.3 is 5.32 Å². The number of carbonyl (C=O) groups excluding carboxylic acids is 1. The minimum absolute atomic E-state index is 0.250. The smallest absolute Gasteiger partial charge is 0.255 e. The van der Waals surface area contributed by atoms with Crippen LogP contribution in [0.5, 0.6) is 0 Å². The molecule has 3 rings (SSSR count). The van der Waals surface area contributed by atoms with Crippen LogP contribution in [0.4, 0.5) is 10.1 Å². The van der Waals surface area contributed by atoms with E-state index in [9.17, 15) is 9.18 Å². The average Bonchev–Trinajstić information content (AvgIpc) is 3.10. The molecule has 0 unspecified atom stereocenters. The molecule has 0 fully saturated rings. The molecule has 1 aromatic heterocycles. The molecule has 0 spiro atoms. The maximum atomic E-state index is 13.3. The molecule has 0 atom stereocenters. The van der Waals surface area contributed by atoms with Crippen molar-refractivity contribution < 1.29 is 9.18 Å². The van der Waals surface area contributed by atoms with Gasteiger partial charge in [0.05, 0.1) is 11.2 Å². The molecule has 0 aliphatic carbocycles. The SMILES string of the molecule is Cc1ccc(F)cc1NC(=O)c1ccc(SCc2cscn2)cc1. The van der Waals surface area contributed by atoms with Gasteiger partial charge in [-0.1, -0.05) is 6.07 Å². The Labute approximate surface area is 148 Å². The molecule has 0 aliphatic heterocycles. The number of rotatable bonds is 5. The quantitative estimate of drug-likeness (QED) is 0.643. The van der Waals surface area contributed by atoms with Crippen molar-refractivity contribution >= 4 is 34.7 Å². The van der Waals surface area contributed by atoms with Gasteiger partial charge in [0.2, 0.25) is 0 Å². The highest BCUT2D eigenvalue weighted by atomic mass is 32.2. The second kappa shape index (κ2) is 7.59. The number of nitrogens with one attached hydrogen (secondary N) is 1. The Morgan fingerprint density at radius 3 is 2.75 bits per heavy atom. The van der Waals surface area contributed by atoms with Crippen molar-refractivity contribution in [2.45, 2.75) is 17.6 Å². The summed E-state index contributed by atoms with van der Waals surface area (Å²) in [4.78, 5) is 17.6. The molecule has 0 saturated carbocycles. The standard InChI is InChI=1S/C18H15FN2OS2/c1-12-2-5-14(19)8-17(12)21-18(22)13-3-6-16(7-4-13)24-10-15-9-23-11-20-15/h2-9,11H,10H2,1H3,(H,21,22). The van der Waals surface area contributed by atoms with Gasteiger partial charge in [0, 0.05) is 27.3 Å². The van der Waals surface area contributed by atoms with Crippen molar-refractivity contribution in [2.24, 2.45) is 0 Å². The van der Waals surface area contributed by atoms with E-state index in [-0.39, 0.29) is 11.7 Å². The Kier molecular flexibility index (Phi) is 5.27. The minimum Gasteiger partial charge on any atom is -0.322 e. The zero-order chi connectivity index (χ0) is 16.9. The summed E-state index contributed by atoms with van der Waals surface area (Å²) >= 11 is 3.25. The Bertz CT molecular complexity index is 833. The van der Waals surface area contributed by atoms with Gasteiger partial charge in [0.1, 0.15) is 5.82 Å². The van der Waals surface area contributed by atoms with E-state index < -0.39 is 0 Å². The second-order valence-corrected chi connectivity index (χ2v) is 6.97. The van der Waals surface area contributed by atoms with E-state index in [0.717, 1.165) is 21.9 Å². The molecule has 1 heterocycles. The number of aromatic nitrogens is 1. The summed E-state index contributed by atoms with van der Waals surface area (Å²) < 4.78 is 13.3. The monoisotopic (exact) mass is 358 g/mol. The number of anilines is 1. The highest BCUT2D eigenvalue weighted by Crippen LogP contribution is 2.23. The van der Waals surface area contributed by atoms with Crippen LogP contribution in [0.25, 0.3) is 0 Å². The lowest BCUT2D eigenvalue weighted by molar-refractivity contribution is 0.102. The molecule has 0 radical (unpaired) electrons. The molecule has 1 N–H and O–H groups in total. The third-order valence-corrected chi connectivity index (χ3v) is 5.12. The van der Waals surface area contributed by atoms with Crippen molar-refractivity contribution in [1.29, 1.82) is 0 Å². The van der Waals surface area contributed by atoms with Gasteiger partial charge >= 0.3 is 0 Å². The van der Waals surface area contributed by atoms with Gasteiger partial charge in [-0.25, -0.2) is 9.37 Å². The molecule has 24 heavy (non-hydrogen) atoms. The zero-order valence-corrected chi connectivity index (χ0v) is 14.6. The molecule has 3 nitrogen and oxygen atoms in total. The molecule has 122 valence electrons. The summed E-state index contributed by atoms with van der Waals surface area (Å²) in [6.07, 6.45) is 0. The van der Waals surface area contributed by atoms with E-state index in [1.54, 1.807) is 41.3 Å². The van der Waals surface area contributed by atoms with Gasteiger partial charge in [-0.05, 0) is 48.9 Å². The van der Waals surface area contributed by atoms with Crippen LogP contribution in [0.3, 0.4) is 0 Å². The fraction of sp³-hybridized carbons (Fsp3) is 0.111. The summed E-state index contributed by atoms with van der Waals surface area (Å²) in [7, 11) is 0. The molecule has 6 heteroatoms. The summed E-state index contributed by atoms with van der Waals surface area (Å²) in [5, 5.41) is 4.77. The number of hydrogen-bond donors (Lipinski definition) is 1. The van der Waals surface area contributed by atoms with Crippen molar-refractivity contribution in [3.05, 3.63) is 76.0 Å². The van der Waals surface area contributed by atoms with E-state index in [2.05, 4.69) is 10.3 Å². The fourth-order valence-electron chi connectivity index (χ4n) is 2.09. The second-order valence-electron chi connectivity index (χ2n) is 5.21. The van der Waals surface area contributed by atoms with Gasteiger partial charge in [0.25, 0.3) is 5.91 Å². The lowest BCUT2D eigenvalue weighted by Crippen LogP contribution is -2.12. The van der Waals surface area contributed by atoms with Crippen molar-refractivity contribution in [3.63, 3.8) is 0 Å². The van der Waals surface area contributed by atoms with Gasteiger partial charge in [-0.2, -0.15) is 0 Å². The van der Waals surface area contributed by atoms with Crippen LogP contribution in [0.2, 0.25) is 0 Å². The first-order valence-electron chi connectivity index (χ1n) is 7.29. The third kappa shape index (κ3) is 4.21. The first-order chi connectivity index (χ1) is 11.6. The zero-order valence-electron chi connectivity index (χ0n) is 13.0. The predicted molar refractivity (Wildman–Crippen MR) is 97.2 cm³/mol. The molecule has 1 amide bonds. The Morgan fingerprint density at radius 1 is 1.25 bits per heavy atom. The summed E-state index contributed by atoms with van der Waals surface area (Å²) in [5.41, 5.74) is 4.71. The van der Waals surface area contributed by atoms with Crippen molar-refractivity contribution in [1.82, 2.24) is 4.98 Å². The number of aryl methyl sites for hydroxylation is 1. The molecule has 0 saturated heterocycles. The van der Waals surface area contributed by atoms with E-state index in [1.165, 1.54) is 12.1 Å². The molecule has 2 aromatic carbocycles. The predicted octanol–water partition coefficient (Wildman–Crippen LogP) is 5.14. The maximum Gasteiger partial charge on any atom is 0.255 e. The molecular formula is C18H15FN2OS2. The molecule has 3 aromatic rings. The van der Waals surface area contributed by atoms with Crippen LogP contribution in [0.15, 0.2) is 58.3 Å². The van der Waals surface area contributed by atoms with Crippen LogP contribution >= 0.6 is 23.1 Å². The number of amides is 1. The Balaban J connectivity index is 1.64. The Morgan fingerprint density at radius 2 is 2.04 bits per heavy atom. The van der Waals surface area contributed by atoms with Gasteiger partial charge in [-0.3, -0.25) is 4.79 Å². The average molecular weight is 358 g/mol. The highest BCUT2D eigenvalue weighted by molar-refractivity contribution is 7.98. The highest BCUT2D eigenvalue weighted by Gasteiger charge is 2.09. The van der Waals surface area contributed by atoms with Crippen LogP contribution < -0.4 is 5.32 Å². The lowest BCUT2D eigenvalue weighted by atomic mass is 10.1. The number of halogens is 1. The number of hydrogen-bond acceptors (Lipinski definition) is 4. The largest absolute Gasteiger partial charge is 0.322 e. The Hall–Kier alpha value is -2.18. The fourth-order valence-corrected chi connectivity index (χ4v) is 3.56. The van der Waals surface area contributed by atoms with E-state index >= 15 is 0 Å². The number of nitrogens with zero attached hydrogens (tertiary/aromatic N) is 1. The van der Waals surface area contributed by atoms with Crippen LogP contribution in [-0.2, 0) is 5.75 Å². The molecular weight excluding hydrogens is 343 g/mol. The first kappa shape index (κ1) is 16.7. The minimum atomic E-state index is -0.371. The third-order valence-electron chi connectivity index (χ3n) is 3.43. The number of benzene rings is 2. The molecule has 0 aliphatic rings. The molecule has 0 bridgehead atoms. The number of thioether (sulfide) groups is 1. The number of carbonyl (C=O) groups is 1. The van der Waals surface area contributed by atoms with E-state index in [1.807, 2.05) is 29.9 Å². The van der Waals surface area contributed by atoms with Crippen LogP contribution in [0.1, 0.15) is 21.6 Å². The van der Waals surface area contributed by atoms with E-state index in [0.29, 0.717) is 11.3 Å². The van der Waals surface area contributed by atoms with Crippen molar-refractivity contribution in [2.75, 3.05) is 5.32 Å². The van der Waals surface area contributed by atoms with Crippen LogP contribution in [0, 0.1) is 12.7 Å². The summed E-state index contributed by atoms with van der Waals surface area (Å²) in [6.45, 7) is 1.83. The van der Waals surface area contributed by atoms with Gasteiger partial charge in [-0.15, -0.1) is 23.1 Å². The summed E-state index contributed by atoms with van der Waals surface area (Å²) in [5.74, 6) is 0.182. The van der Waals surface area contributed by atoms with Crippen LogP contribution in [-0.4, -0.2) is 10.9 Å². The maximum absolute atomic E-state index is 13.3. The lowest BCUT2D eigenvalue weighted by Gasteiger charge is -2.09. The van der Waals surface area contributed by atoms with Gasteiger partial charge in [0.15, 0.2) is 0 Å². The van der Waals surface area contributed by atoms with E-state index in [4.69, 9.17) is 0 Å². The number of thiazole rings is 1. The first-order valence-corrected chi connectivity index (χ1v) is 9.22. The topological polar surface area (TPSA) is 42.0 Å². The normalized spacial score (nSPS) is 10.6. The van der Waals surface area contributed by atoms with Crippen molar-refractivity contribution in [3.8, 4) is 0 Å². The summed E-state index contributed by atoms with van der Waals surface area (Å²) in [6, 6.07) is 11.7.